The van der Waals surface area contributed by atoms with Gasteiger partial charge in [-0.2, -0.15) is 0 Å². The lowest BCUT2D eigenvalue weighted by Gasteiger charge is -2.24. The van der Waals surface area contributed by atoms with Crippen molar-refractivity contribution in [3.63, 3.8) is 0 Å². The number of fused-ring (bicyclic) bond motifs is 1. The van der Waals surface area contributed by atoms with Gasteiger partial charge in [-0.25, -0.2) is 14.2 Å². The van der Waals surface area contributed by atoms with E-state index in [4.69, 9.17) is 9.47 Å². The predicted molar refractivity (Wildman–Crippen MR) is 158 cm³/mol. The summed E-state index contributed by atoms with van der Waals surface area (Å²) in [5.74, 6) is -0.558. The maximum atomic E-state index is 13.9. The largest absolute Gasteiger partial charge is 0.488 e. The van der Waals surface area contributed by atoms with Crippen molar-refractivity contribution in [2.75, 3.05) is 6.61 Å². The molecule has 1 atom stereocenters. The van der Waals surface area contributed by atoms with Crippen LogP contribution in [0.2, 0.25) is 0 Å². The molecule has 0 bridgehead atoms. The first kappa shape index (κ1) is 29.1. The van der Waals surface area contributed by atoms with Gasteiger partial charge in [-0.15, -0.1) is 0 Å². The van der Waals surface area contributed by atoms with E-state index in [0.717, 1.165) is 21.4 Å². The molecule has 0 saturated carbocycles. The van der Waals surface area contributed by atoms with Crippen molar-refractivity contribution in [1.82, 2.24) is 4.57 Å². The predicted octanol–water partition coefficient (Wildman–Crippen LogP) is 5.19. The van der Waals surface area contributed by atoms with Crippen LogP contribution < -0.4 is 19.6 Å². The average molecular weight is 652 g/mol. The number of carbonyl (C=O) groups is 1. The second kappa shape index (κ2) is 12.2. The van der Waals surface area contributed by atoms with Crippen molar-refractivity contribution < 1.29 is 23.6 Å². The summed E-state index contributed by atoms with van der Waals surface area (Å²) >= 11 is 4.62. The number of nitro benzene ring substituents is 1. The lowest BCUT2D eigenvalue weighted by molar-refractivity contribution is -0.384. The fraction of sp³-hybridized carbons (Fsp3) is 0.167. The van der Waals surface area contributed by atoms with Gasteiger partial charge in [-0.3, -0.25) is 19.5 Å². The number of carbonyl (C=O) groups excluding carboxylic acids is 1. The number of esters is 1. The van der Waals surface area contributed by atoms with Crippen LogP contribution in [0.4, 0.5) is 10.1 Å². The molecular formula is C30H23BrFN3O6S. The third-order valence-corrected chi connectivity index (χ3v) is 7.98. The fourth-order valence-electron chi connectivity index (χ4n) is 4.53. The van der Waals surface area contributed by atoms with E-state index >= 15 is 0 Å². The summed E-state index contributed by atoms with van der Waals surface area (Å²) in [4.78, 5) is 42.3. The maximum Gasteiger partial charge on any atom is 0.338 e. The molecule has 1 aliphatic heterocycles. The zero-order valence-electron chi connectivity index (χ0n) is 22.4. The Labute approximate surface area is 251 Å². The van der Waals surface area contributed by atoms with E-state index in [9.17, 15) is 24.1 Å². The van der Waals surface area contributed by atoms with E-state index in [0.29, 0.717) is 31.9 Å². The highest BCUT2D eigenvalue weighted by Crippen LogP contribution is 2.31. The lowest BCUT2D eigenvalue weighted by atomic mass is 9.96. The van der Waals surface area contributed by atoms with Crippen LogP contribution in [0.15, 0.2) is 92.3 Å². The van der Waals surface area contributed by atoms with Gasteiger partial charge in [0.2, 0.25) is 0 Å². The van der Waals surface area contributed by atoms with Crippen LogP contribution in [0, 0.1) is 15.9 Å². The van der Waals surface area contributed by atoms with Crippen molar-refractivity contribution in [1.29, 1.82) is 0 Å². The molecule has 0 fully saturated rings. The summed E-state index contributed by atoms with van der Waals surface area (Å²) in [6.45, 7) is 3.66. The van der Waals surface area contributed by atoms with Gasteiger partial charge in [0.25, 0.3) is 11.2 Å². The minimum atomic E-state index is -0.858. The Morgan fingerprint density at radius 1 is 1.17 bits per heavy atom. The number of hydrogen-bond donors (Lipinski definition) is 0. The van der Waals surface area contributed by atoms with Crippen LogP contribution in [-0.4, -0.2) is 22.1 Å². The molecule has 0 spiro atoms. The molecule has 0 aliphatic carbocycles. The summed E-state index contributed by atoms with van der Waals surface area (Å²) in [6.07, 6.45) is 1.69. The van der Waals surface area contributed by atoms with E-state index in [2.05, 4.69) is 20.9 Å². The Bertz CT molecular complexity index is 1900. The number of ether oxygens (including phenoxy) is 2. The first-order valence-electron chi connectivity index (χ1n) is 12.8. The number of non-ortho nitro benzene ring substituents is 1. The summed E-state index contributed by atoms with van der Waals surface area (Å²) in [6, 6.07) is 16.2. The van der Waals surface area contributed by atoms with Crippen molar-refractivity contribution in [2.24, 2.45) is 4.99 Å². The van der Waals surface area contributed by atoms with Gasteiger partial charge in [0.05, 0.1) is 33.4 Å². The summed E-state index contributed by atoms with van der Waals surface area (Å²) in [5, 5.41) is 10.9. The van der Waals surface area contributed by atoms with Gasteiger partial charge in [-0.1, -0.05) is 39.4 Å². The molecule has 3 aromatic carbocycles. The first-order chi connectivity index (χ1) is 20.2. The quantitative estimate of drug-likeness (QED) is 0.147. The minimum Gasteiger partial charge on any atom is -0.488 e. The standard InChI is InChI=1S/C30H23BrFN3O6S/c1-3-40-29(37)26-17(2)33-30-34(27(26)19-6-9-22(32)10-7-19)28(36)25(42-30)15-20-14-21(31)8-13-24(20)41-16-18-4-11-23(12-5-18)35(38)39/h4-15,27H,3,16H2,1-2H3/b25-15-/t27-/m1/s1. The monoisotopic (exact) mass is 651 g/mol. The Kier molecular flexibility index (Phi) is 8.46. The molecule has 4 aromatic rings. The summed E-state index contributed by atoms with van der Waals surface area (Å²) < 4.78 is 27.6. The molecule has 0 radical (unpaired) electrons. The number of thiazole rings is 1. The Balaban J connectivity index is 1.57. The third kappa shape index (κ3) is 5.95. The zero-order valence-corrected chi connectivity index (χ0v) is 24.8. The van der Waals surface area contributed by atoms with E-state index < -0.39 is 22.8 Å². The number of aromatic nitrogens is 1. The van der Waals surface area contributed by atoms with Gasteiger partial charge in [-0.05, 0) is 73.5 Å². The molecule has 1 aliphatic rings. The SMILES string of the molecule is CCOC(=O)C1=C(C)N=c2s/c(=C\c3cc(Br)ccc3OCc3ccc([N+](=O)[O-])cc3)c(=O)n2[C@@H]1c1ccc(F)cc1. The molecule has 2 heterocycles. The van der Waals surface area contributed by atoms with Crippen LogP contribution in [0.1, 0.15) is 36.6 Å². The van der Waals surface area contributed by atoms with Gasteiger partial charge in [0.1, 0.15) is 18.2 Å². The number of halogens is 2. The van der Waals surface area contributed by atoms with Crippen LogP contribution in [0.5, 0.6) is 5.75 Å². The Morgan fingerprint density at radius 3 is 2.55 bits per heavy atom. The summed E-state index contributed by atoms with van der Waals surface area (Å²) in [5.41, 5.74) is 2.09. The molecule has 9 nitrogen and oxygen atoms in total. The normalized spacial score (nSPS) is 14.8. The van der Waals surface area contributed by atoms with Crippen molar-refractivity contribution >= 4 is 45.0 Å². The Hall–Kier alpha value is -4.42. The van der Waals surface area contributed by atoms with Gasteiger partial charge in [0.15, 0.2) is 4.80 Å². The van der Waals surface area contributed by atoms with E-state index in [-0.39, 0.29) is 30.0 Å². The highest BCUT2D eigenvalue weighted by Gasteiger charge is 2.33. The average Bonchev–Trinajstić information content (AvgIpc) is 3.26. The number of nitro groups is 1. The minimum absolute atomic E-state index is 0.0150. The molecular weight excluding hydrogens is 629 g/mol. The lowest BCUT2D eigenvalue weighted by Crippen LogP contribution is -2.39. The molecule has 0 N–H and O–H groups in total. The fourth-order valence-corrected chi connectivity index (χ4v) is 5.95. The molecule has 0 unspecified atom stereocenters. The molecule has 1 aromatic heterocycles. The topological polar surface area (TPSA) is 113 Å². The number of hydrogen-bond acceptors (Lipinski definition) is 8. The third-order valence-electron chi connectivity index (χ3n) is 6.50. The molecule has 5 rings (SSSR count). The number of benzene rings is 3. The van der Waals surface area contributed by atoms with E-state index in [1.165, 1.54) is 41.0 Å². The molecule has 12 heteroatoms. The van der Waals surface area contributed by atoms with Crippen molar-refractivity contribution in [3.05, 3.63) is 135 Å². The second-order valence-electron chi connectivity index (χ2n) is 9.25. The van der Waals surface area contributed by atoms with E-state index in [1.54, 1.807) is 50.3 Å². The molecule has 0 amide bonds. The maximum absolute atomic E-state index is 13.9. The smallest absolute Gasteiger partial charge is 0.338 e. The van der Waals surface area contributed by atoms with Crippen molar-refractivity contribution in [2.45, 2.75) is 26.5 Å². The second-order valence-corrected chi connectivity index (χ2v) is 11.2. The molecule has 42 heavy (non-hydrogen) atoms. The van der Waals surface area contributed by atoms with Crippen LogP contribution in [-0.2, 0) is 16.1 Å². The highest BCUT2D eigenvalue weighted by atomic mass is 79.9. The van der Waals surface area contributed by atoms with E-state index in [1.807, 2.05) is 0 Å². The number of allylic oxidation sites excluding steroid dienone is 1. The van der Waals surface area contributed by atoms with Crippen LogP contribution in [0.3, 0.4) is 0 Å². The number of nitrogens with zero attached hydrogens (tertiary/aromatic N) is 3. The van der Waals surface area contributed by atoms with Gasteiger partial charge < -0.3 is 9.47 Å². The number of rotatable bonds is 8. The zero-order chi connectivity index (χ0) is 30.0. The molecule has 214 valence electrons. The van der Waals surface area contributed by atoms with Crippen molar-refractivity contribution in [3.8, 4) is 5.75 Å². The Morgan fingerprint density at radius 2 is 1.88 bits per heavy atom. The summed E-state index contributed by atoms with van der Waals surface area (Å²) in [7, 11) is 0. The highest BCUT2D eigenvalue weighted by molar-refractivity contribution is 9.10. The molecule has 0 saturated heterocycles. The van der Waals surface area contributed by atoms with Gasteiger partial charge >= 0.3 is 5.97 Å². The van der Waals surface area contributed by atoms with Crippen LogP contribution in [0.25, 0.3) is 6.08 Å². The van der Waals surface area contributed by atoms with Crippen LogP contribution >= 0.6 is 27.3 Å². The first-order valence-corrected chi connectivity index (χ1v) is 14.4. The van der Waals surface area contributed by atoms with Gasteiger partial charge in [0, 0.05) is 22.2 Å².